The molecule has 1 fully saturated rings. The van der Waals surface area contributed by atoms with Crippen LogP contribution in [-0.2, 0) is 14.2 Å². The van der Waals surface area contributed by atoms with Crippen LogP contribution in [0.25, 0.3) is 0 Å². The molecule has 1 aliphatic heterocycles. The van der Waals surface area contributed by atoms with Crippen molar-refractivity contribution in [1.29, 1.82) is 0 Å². The van der Waals surface area contributed by atoms with Crippen molar-refractivity contribution in [1.82, 2.24) is 0 Å². The van der Waals surface area contributed by atoms with Crippen molar-refractivity contribution < 1.29 is 34.6 Å². The SMILES string of the molecule is CCCCCCCCCCCCCCCCOCC(O)CO[C@@H]1O[C@@H](C)[C@@H](O)[C@@H](O)[C@@H]1O. The second-order valence-corrected chi connectivity index (χ2v) is 9.34. The number of aliphatic hydroxyl groups excluding tert-OH is 4. The Morgan fingerprint density at radius 3 is 1.72 bits per heavy atom. The van der Waals surface area contributed by atoms with Crippen molar-refractivity contribution in [3.63, 3.8) is 0 Å². The lowest BCUT2D eigenvalue weighted by atomic mass is 10.0. The molecular weight excluding hydrogens is 412 g/mol. The maximum atomic E-state index is 9.97. The molecule has 0 aromatic heterocycles. The van der Waals surface area contributed by atoms with Gasteiger partial charge in [0, 0.05) is 6.61 Å². The molecule has 0 aliphatic carbocycles. The lowest BCUT2D eigenvalue weighted by Gasteiger charge is -2.39. The van der Waals surface area contributed by atoms with Gasteiger partial charge in [-0.2, -0.15) is 0 Å². The van der Waals surface area contributed by atoms with Gasteiger partial charge in [0.1, 0.15) is 24.4 Å². The van der Waals surface area contributed by atoms with Gasteiger partial charge >= 0.3 is 0 Å². The van der Waals surface area contributed by atoms with E-state index in [9.17, 15) is 20.4 Å². The van der Waals surface area contributed by atoms with Gasteiger partial charge in [-0.3, -0.25) is 0 Å². The van der Waals surface area contributed by atoms with E-state index in [1.165, 1.54) is 77.0 Å². The summed E-state index contributed by atoms with van der Waals surface area (Å²) >= 11 is 0. The van der Waals surface area contributed by atoms with Gasteiger partial charge in [0.2, 0.25) is 0 Å². The first-order valence-corrected chi connectivity index (χ1v) is 13.0. The summed E-state index contributed by atoms with van der Waals surface area (Å²) in [6.07, 6.45) is 12.0. The molecule has 0 radical (unpaired) electrons. The van der Waals surface area contributed by atoms with Gasteiger partial charge in [0.05, 0.1) is 19.3 Å². The molecule has 1 aliphatic rings. The Morgan fingerprint density at radius 1 is 0.688 bits per heavy atom. The third kappa shape index (κ3) is 13.4. The number of ether oxygens (including phenoxy) is 3. The lowest BCUT2D eigenvalue weighted by molar-refractivity contribution is -0.297. The zero-order chi connectivity index (χ0) is 23.6. The summed E-state index contributed by atoms with van der Waals surface area (Å²) in [4.78, 5) is 0. The summed E-state index contributed by atoms with van der Waals surface area (Å²) in [7, 11) is 0. The van der Waals surface area contributed by atoms with Crippen LogP contribution in [0.2, 0.25) is 0 Å². The van der Waals surface area contributed by atoms with Gasteiger partial charge in [0.15, 0.2) is 6.29 Å². The molecule has 32 heavy (non-hydrogen) atoms. The standard InChI is InChI=1S/C25H50O7/c1-3-4-5-6-7-8-9-10-11-12-13-14-15-16-17-30-18-21(26)19-31-25-24(29)23(28)22(27)20(2)32-25/h20-29H,3-19H2,1-2H3/t20-,21?,22+,23+,24-,25+/m0/s1. The lowest BCUT2D eigenvalue weighted by Crippen LogP contribution is -2.57. The maximum Gasteiger partial charge on any atom is 0.186 e. The summed E-state index contributed by atoms with van der Waals surface area (Å²) in [5.74, 6) is 0. The fourth-order valence-electron chi connectivity index (χ4n) is 4.02. The average Bonchev–Trinajstić information content (AvgIpc) is 2.78. The summed E-state index contributed by atoms with van der Waals surface area (Å²) in [5.41, 5.74) is 0. The van der Waals surface area contributed by atoms with Crippen LogP contribution in [0.1, 0.15) is 104 Å². The molecule has 0 saturated carbocycles. The van der Waals surface area contributed by atoms with E-state index in [1.807, 2.05) is 0 Å². The molecular formula is C25H50O7. The van der Waals surface area contributed by atoms with E-state index >= 15 is 0 Å². The number of hydrogen-bond donors (Lipinski definition) is 4. The third-order valence-corrected chi connectivity index (χ3v) is 6.21. The first-order valence-electron chi connectivity index (χ1n) is 13.0. The molecule has 192 valence electrons. The van der Waals surface area contributed by atoms with Gasteiger partial charge in [-0.1, -0.05) is 90.4 Å². The van der Waals surface area contributed by atoms with E-state index < -0.39 is 36.8 Å². The van der Waals surface area contributed by atoms with Crippen molar-refractivity contribution in [2.24, 2.45) is 0 Å². The monoisotopic (exact) mass is 462 g/mol. The van der Waals surface area contributed by atoms with Gasteiger partial charge in [-0.25, -0.2) is 0 Å². The predicted molar refractivity (Wildman–Crippen MR) is 125 cm³/mol. The third-order valence-electron chi connectivity index (χ3n) is 6.21. The summed E-state index contributed by atoms with van der Waals surface area (Å²) in [6.45, 7) is 4.54. The molecule has 0 aromatic rings. The van der Waals surface area contributed by atoms with Crippen LogP contribution in [-0.4, -0.2) is 77.1 Å². The number of aliphatic hydroxyl groups is 4. The van der Waals surface area contributed by atoms with Crippen molar-refractivity contribution in [3.05, 3.63) is 0 Å². The van der Waals surface area contributed by atoms with Crippen molar-refractivity contribution in [2.45, 2.75) is 141 Å². The Bertz CT molecular complexity index is 423. The first-order chi connectivity index (χ1) is 15.5. The zero-order valence-electron chi connectivity index (χ0n) is 20.5. The highest BCUT2D eigenvalue weighted by molar-refractivity contribution is 4.87. The molecule has 7 nitrogen and oxygen atoms in total. The molecule has 1 rings (SSSR count). The van der Waals surface area contributed by atoms with Gasteiger partial charge < -0.3 is 34.6 Å². The highest BCUT2D eigenvalue weighted by Gasteiger charge is 2.42. The Kier molecular flexibility index (Phi) is 17.7. The van der Waals surface area contributed by atoms with Crippen LogP contribution in [0.5, 0.6) is 0 Å². The molecule has 0 amide bonds. The van der Waals surface area contributed by atoms with Crippen LogP contribution in [0.4, 0.5) is 0 Å². The molecule has 7 heteroatoms. The maximum absolute atomic E-state index is 9.97. The normalized spacial score (nSPS) is 27.0. The second kappa shape index (κ2) is 19.1. The smallest absolute Gasteiger partial charge is 0.186 e. The molecule has 0 bridgehead atoms. The molecule has 6 atom stereocenters. The van der Waals surface area contributed by atoms with Crippen molar-refractivity contribution >= 4 is 0 Å². The van der Waals surface area contributed by atoms with Crippen molar-refractivity contribution in [3.8, 4) is 0 Å². The second-order valence-electron chi connectivity index (χ2n) is 9.34. The Balaban J connectivity index is 1.86. The van der Waals surface area contributed by atoms with Gasteiger partial charge in [-0.05, 0) is 13.3 Å². The first kappa shape index (κ1) is 29.8. The molecule has 1 unspecified atom stereocenters. The number of hydrogen-bond acceptors (Lipinski definition) is 7. The topological polar surface area (TPSA) is 109 Å². The van der Waals surface area contributed by atoms with Crippen LogP contribution in [0.15, 0.2) is 0 Å². The van der Waals surface area contributed by atoms with E-state index in [2.05, 4.69) is 6.92 Å². The summed E-state index contributed by atoms with van der Waals surface area (Å²) in [5, 5.41) is 39.3. The largest absolute Gasteiger partial charge is 0.388 e. The minimum Gasteiger partial charge on any atom is -0.388 e. The highest BCUT2D eigenvalue weighted by atomic mass is 16.7. The molecule has 4 N–H and O–H groups in total. The van der Waals surface area contributed by atoms with E-state index in [1.54, 1.807) is 6.92 Å². The fourth-order valence-corrected chi connectivity index (χ4v) is 4.02. The molecule has 1 heterocycles. The van der Waals surface area contributed by atoms with Crippen LogP contribution >= 0.6 is 0 Å². The average molecular weight is 463 g/mol. The predicted octanol–water partition coefficient (Wildman–Crippen LogP) is 3.69. The van der Waals surface area contributed by atoms with E-state index in [0.29, 0.717) is 6.61 Å². The van der Waals surface area contributed by atoms with Gasteiger partial charge in [0.25, 0.3) is 0 Å². The Labute approximate surface area is 195 Å². The zero-order valence-corrected chi connectivity index (χ0v) is 20.5. The van der Waals surface area contributed by atoms with Crippen molar-refractivity contribution in [2.75, 3.05) is 19.8 Å². The Morgan fingerprint density at radius 2 is 1.19 bits per heavy atom. The molecule has 0 spiro atoms. The van der Waals surface area contributed by atoms with E-state index in [4.69, 9.17) is 14.2 Å². The molecule has 0 aromatic carbocycles. The van der Waals surface area contributed by atoms with Crippen LogP contribution in [0.3, 0.4) is 0 Å². The van der Waals surface area contributed by atoms with Crippen LogP contribution < -0.4 is 0 Å². The minimum absolute atomic E-state index is 0.0734. The minimum atomic E-state index is -1.36. The summed E-state index contributed by atoms with van der Waals surface area (Å²) in [6, 6.07) is 0. The molecule has 1 saturated heterocycles. The Hall–Kier alpha value is -0.280. The number of rotatable bonds is 20. The van der Waals surface area contributed by atoms with E-state index in [0.717, 1.165) is 12.8 Å². The quantitative estimate of drug-likeness (QED) is 0.204. The summed E-state index contributed by atoms with van der Waals surface area (Å²) < 4.78 is 16.2. The number of unbranched alkanes of at least 4 members (excludes halogenated alkanes) is 13. The highest BCUT2D eigenvalue weighted by Crippen LogP contribution is 2.21. The van der Waals surface area contributed by atoms with E-state index in [-0.39, 0.29) is 13.2 Å². The fraction of sp³-hybridized carbons (Fsp3) is 1.00. The van der Waals surface area contributed by atoms with Gasteiger partial charge in [-0.15, -0.1) is 0 Å². The van der Waals surface area contributed by atoms with Crippen LogP contribution in [0, 0.1) is 0 Å².